The quantitative estimate of drug-likeness (QED) is 0.734. The number of nitrogens with zero attached hydrogens (tertiary/aromatic N) is 3. The normalized spacial score (nSPS) is 11.0. The van der Waals surface area contributed by atoms with E-state index < -0.39 is 0 Å². The molecule has 2 aromatic carbocycles. The van der Waals surface area contributed by atoms with Gasteiger partial charge in [0, 0.05) is 5.56 Å². The lowest BCUT2D eigenvalue weighted by molar-refractivity contribution is 0.939. The first-order valence-corrected chi connectivity index (χ1v) is 6.43. The van der Waals surface area contributed by atoms with Crippen LogP contribution in [0.3, 0.4) is 0 Å². The van der Waals surface area contributed by atoms with Crippen LogP contribution in [-0.2, 0) is 6.54 Å². The smallest absolute Gasteiger partial charge is 0.131 e. The van der Waals surface area contributed by atoms with Crippen molar-refractivity contribution in [1.82, 2.24) is 15.4 Å². The Bertz CT molecular complexity index is 687. The van der Waals surface area contributed by atoms with Crippen molar-refractivity contribution in [3.8, 4) is 11.3 Å². The van der Waals surface area contributed by atoms with E-state index >= 15 is 0 Å². The number of hydrogen-bond donors (Lipinski definition) is 1. The van der Waals surface area contributed by atoms with Crippen molar-refractivity contribution in [3.05, 3.63) is 71.9 Å². The molecule has 3 aromatic rings. The van der Waals surface area contributed by atoms with Crippen molar-refractivity contribution in [2.75, 3.05) is 0 Å². The summed E-state index contributed by atoms with van der Waals surface area (Å²) in [4.78, 5) is 4.42. The Balaban J connectivity index is 1.77. The molecular weight excluding hydrogens is 248 g/mol. The summed E-state index contributed by atoms with van der Waals surface area (Å²) in [5.74, 6) is 0. The fraction of sp³-hybridized carbons (Fsp3) is 0.0625. The Morgan fingerprint density at radius 3 is 2.35 bits per heavy atom. The summed E-state index contributed by atoms with van der Waals surface area (Å²) in [5, 5.41) is 11.0. The van der Waals surface area contributed by atoms with Gasteiger partial charge in [-0.2, -0.15) is 15.4 Å². The van der Waals surface area contributed by atoms with Crippen LogP contribution in [0.1, 0.15) is 11.3 Å². The van der Waals surface area contributed by atoms with Crippen LogP contribution >= 0.6 is 0 Å². The standard InChI is InChI=1S/C16H14N4/c1-3-7-13(8-4-1)11-17-12-15-16(19-20-18-15)14-9-5-2-6-10-14/h1-10,12H,11H2,(H,18,19,20). The maximum absolute atomic E-state index is 4.42. The van der Waals surface area contributed by atoms with E-state index in [9.17, 15) is 0 Å². The van der Waals surface area contributed by atoms with Gasteiger partial charge in [0.05, 0.1) is 12.8 Å². The molecule has 0 saturated heterocycles. The second-order valence-corrected chi connectivity index (χ2v) is 4.38. The van der Waals surface area contributed by atoms with Crippen molar-refractivity contribution in [2.45, 2.75) is 6.54 Å². The Kier molecular flexibility index (Phi) is 3.64. The van der Waals surface area contributed by atoms with E-state index in [4.69, 9.17) is 0 Å². The van der Waals surface area contributed by atoms with Crippen LogP contribution in [0.4, 0.5) is 0 Å². The number of nitrogens with one attached hydrogen (secondary N) is 1. The van der Waals surface area contributed by atoms with Gasteiger partial charge in [-0.15, -0.1) is 0 Å². The summed E-state index contributed by atoms with van der Waals surface area (Å²) in [7, 11) is 0. The number of aromatic amines is 1. The highest BCUT2D eigenvalue weighted by Crippen LogP contribution is 2.17. The first kappa shape index (κ1) is 12.3. The maximum atomic E-state index is 4.42. The topological polar surface area (TPSA) is 53.9 Å². The molecule has 4 heteroatoms. The van der Waals surface area contributed by atoms with E-state index in [0.29, 0.717) is 6.54 Å². The molecule has 1 N–H and O–H groups in total. The van der Waals surface area contributed by atoms with Gasteiger partial charge in [0.15, 0.2) is 0 Å². The van der Waals surface area contributed by atoms with E-state index in [2.05, 4.69) is 32.5 Å². The van der Waals surface area contributed by atoms with Gasteiger partial charge in [-0.3, -0.25) is 4.99 Å². The SMILES string of the molecule is C(=NCc1ccccc1)c1n[nH]nc1-c1ccccc1. The lowest BCUT2D eigenvalue weighted by Crippen LogP contribution is -1.88. The molecule has 20 heavy (non-hydrogen) atoms. The van der Waals surface area contributed by atoms with Crippen molar-refractivity contribution in [2.24, 2.45) is 4.99 Å². The number of aliphatic imine (C=N–C) groups is 1. The van der Waals surface area contributed by atoms with Crippen LogP contribution in [0.15, 0.2) is 65.7 Å². The zero-order chi connectivity index (χ0) is 13.6. The Morgan fingerprint density at radius 2 is 1.60 bits per heavy atom. The zero-order valence-electron chi connectivity index (χ0n) is 10.9. The largest absolute Gasteiger partial charge is 0.286 e. The molecule has 98 valence electrons. The van der Waals surface area contributed by atoms with Crippen molar-refractivity contribution in [1.29, 1.82) is 0 Å². The minimum absolute atomic E-state index is 0.641. The Labute approximate surface area is 117 Å². The van der Waals surface area contributed by atoms with Crippen LogP contribution in [0, 0.1) is 0 Å². The average Bonchev–Trinajstić information content (AvgIpc) is 2.98. The average molecular weight is 262 g/mol. The molecule has 0 amide bonds. The third kappa shape index (κ3) is 2.80. The molecule has 0 bridgehead atoms. The lowest BCUT2D eigenvalue weighted by Gasteiger charge is -1.97. The molecule has 4 nitrogen and oxygen atoms in total. The van der Waals surface area contributed by atoms with Gasteiger partial charge in [-0.1, -0.05) is 60.7 Å². The first-order chi connectivity index (χ1) is 9.93. The molecule has 0 radical (unpaired) electrons. The summed E-state index contributed by atoms with van der Waals surface area (Å²) in [5.41, 5.74) is 3.78. The van der Waals surface area contributed by atoms with Crippen LogP contribution < -0.4 is 0 Å². The predicted octanol–water partition coefficient (Wildman–Crippen LogP) is 3.09. The molecule has 1 aromatic heterocycles. The summed E-state index contributed by atoms with van der Waals surface area (Å²) < 4.78 is 0. The second-order valence-electron chi connectivity index (χ2n) is 4.38. The maximum Gasteiger partial charge on any atom is 0.131 e. The number of H-pyrrole nitrogens is 1. The minimum Gasteiger partial charge on any atom is -0.286 e. The first-order valence-electron chi connectivity index (χ1n) is 6.43. The Hall–Kier alpha value is -2.75. The van der Waals surface area contributed by atoms with E-state index in [1.165, 1.54) is 5.56 Å². The third-order valence-electron chi connectivity index (χ3n) is 2.95. The Morgan fingerprint density at radius 1 is 0.900 bits per heavy atom. The predicted molar refractivity (Wildman–Crippen MR) is 79.6 cm³/mol. The van der Waals surface area contributed by atoms with Gasteiger partial charge in [0.1, 0.15) is 11.4 Å². The van der Waals surface area contributed by atoms with Crippen molar-refractivity contribution < 1.29 is 0 Å². The van der Waals surface area contributed by atoms with E-state index in [1.54, 1.807) is 6.21 Å². The van der Waals surface area contributed by atoms with Gasteiger partial charge in [0.25, 0.3) is 0 Å². The number of benzene rings is 2. The summed E-state index contributed by atoms with van der Waals surface area (Å²) >= 11 is 0. The molecular formula is C16H14N4. The van der Waals surface area contributed by atoms with Crippen molar-refractivity contribution in [3.63, 3.8) is 0 Å². The zero-order valence-corrected chi connectivity index (χ0v) is 10.9. The molecule has 0 atom stereocenters. The fourth-order valence-electron chi connectivity index (χ4n) is 1.96. The van der Waals surface area contributed by atoms with Gasteiger partial charge in [-0.05, 0) is 5.56 Å². The van der Waals surface area contributed by atoms with Crippen molar-refractivity contribution >= 4 is 6.21 Å². The molecule has 0 saturated carbocycles. The monoisotopic (exact) mass is 262 g/mol. The molecule has 0 aliphatic rings. The molecule has 1 heterocycles. The van der Waals surface area contributed by atoms with E-state index in [0.717, 1.165) is 17.0 Å². The van der Waals surface area contributed by atoms with Gasteiger partial charge >= 0.3 is 0 Å². The van der Waals surface area contributed by atoms with Gasteiger partial charge in [0.2, 0.25) is 0 Å². The molecule has 0 fully saturated rings. The molecule has 0 aliphatic heterocycles. The van der Waals surface area contributed by atoms with Crippen LogP contribution in [0.25, 0.3) is 11.3 Å². The van der Waals surface area contributed by atoms with Crippen LogP contribution in [-0.4, -0.2) is 21.6 Å². The highest BCUT2D eigenvalue weighted by molar-refractivity contribution is 5.86. The number of rotatable bonds is 4. The number of hydrogen-bond acceptors (Lipinski definition) is 3. The third-order valence-corrected chi connectivity index (χ3v) is 2.95. The van der Waals surface area contributed by atoms with Crippen LogP contribution in [0.5, 0.6) is 0 Å². The molecule has 0 spiro atoms. The minimum atomic E-state index is 0.641. The van der Waals surface area contributed by atoms with Gasteiger partial charge in [-0.25, -0.2) is 0 Å². The summed E-state index contributed by atoms with van der Waals surface area (Å²) in [6.07, 6.45) is 1.76. The van der Waals surface area contributed by atoms with Gasteiger partial charge < -0.3 is 0 Å². The summed E-state index contributed by atoms with van der Waals surface area (Å²) in [6.45, 7) is 0.641. The van der Waals surface area contributed by atoms with E-state index in [1.807, 2.05) is 48.5 Å². The second kappa shape index (κ2) is 5.93. The highest BCUT2D eigenvalue weighted by Gasteiger charge is 2.07. The lowest BCUT2D eigenvalue weighted by atomic mass is 10.1. The molecule has 3 rings (SSSR count). The highest BCUT2D eigenvalue weighted by atomic mass is 15.3. The summed E-state index contributed by atoms with van der Waals surface area (Å²) in [6, 6.07) is 20.1. The van der Waals surface area contributed by atoms with Crippen LogP contribution in [0.2, 0.25) is 0 Å². The fourth-order valence-corrected chi connectivity index (χ4v) is 1.96. The molecule has 0 unspecified atom stereocenters. The number of aromatic nitrogens is 3. The van der Waals surface area contributed by atoms with E-state index in [-0.39, 0.29) is 0 Å². The molecule has 0 aliphatic carbocycles.